The predicted octanol–water partition coefficient (Wildman–Crippen LogP) is 7.21. The maximum atomic E-state index is 13.2. The van der Waals surface area contributed by atoms with Crippen molar-refractivity contribution in [3.05, 3.63) is 72.3 Å². The van der Waals surface area contributed by atoms with Crippen molar-refractivity contribution in [2.24, 2.45) is 29.6 Å². The molecular formula is C29H32O2. The summed E-state index contributed by atoms with van der Waals surface area (Å²) in [5.74, 6) is 2.61. The number of rotatable bonds is 4. The first kappa shape index (κ1) is 20.3. The SMILES string of the molecule is CC1C2CC(C(=O)OC(C)(C)c3ccc4c(-c5ccccc5)cccc4c3)C(C2)C1C. The van der Waals surface area contributed by atoms with Gasteiger partial charge in [-0.1, -0.05) is 74.5 Å². The maximum absolute atomic E-state index is 13.2. The molecule has 0 spiro atoms. The number of hydrogen-bond donors (Lipinski definition) is 0. The third-order valence-corrected chi connectivity index (χ3v) is 8.22. The standard InChI is InChI=1S/C29H32O2/c1-18-19(2)26-16-22(18)17-27(26)28(30)31-29(3,4)23-13-14-25-21(15-23)11-8-12-24(25)20-9-6-5-7-10-20/h5-15,18-19,22,26-27H,16-17H2,1-4H3. The highest BCUT2D eigenvalue weighted by Gasteiger charge is 2.52. The highest BCUT2D eigenvalue weighted by molar-refractivity contribution is 5.97. The van der Waals surface area contributed by atoms with Gasteiger partial charge in [-0.05, 0) is 83.9 Å². The van der Waals surface area contributed by atoms with Gasteiger partial charge in [0.05, 0.1) is 5.92 Å². The highest BCUT2D eigenvalue weighted by atomic mass is 16.6. The van der Waals surface area contributed by atoms with Gasteiger partial charge in [-0.15, -0.1) is 0 Å². The molecule has 2 saturated carbocycles. The third kappa shape index (κ3) is 3.46. The van der Waals surface area contributed by atoms with E-state index in [0.717, 1.165) is 17.9 Å². The van der Waals surface area contributed by atoms with Crippen molar-refractivity contribution >= 4 is 16.7 Å². The minimum atomic E-state index is -0.648. The summed E-state index contributed by atoms with van der Waals surface area (Å²) in [6.45, 7) is 8.70. The molecule has 0 heterocycles. The topological polar surface area (TPSA) is 26.3 Å². The summed E-state index contributed by atoms with van der Waals surface area (Å²) in [4.78, 5) is 13.2. The molecule has 5 unspecified atom stereocenters. The van der Waals surface area contributed by atoms with Crippen LogP contribution in [0.25, 0.3) is 21.9 Å². The van der Waals surface area contributed by atoms with Gasteiger partial charge in [0.15, 0.2) is 0 Å². The molecule has 3 aromatic carbocycles. The van der Waals surface area contributed by atoms with E-state index in [0.29, 0.717) is 17.8 Å². The van der Waals surface area contributed by atoms with Gasteiger partial charge in [0.1, 0.15) is 5.60 Å². The summed E-state index contributed by atoms with van der Waals surface area (Å²) in [6.07, 6.45) is 2.20. The zero-order valence-corrected chi connectivity index (χ0v) is 19.0. The Hall–Kier alpha value is -2.61. The number of esters is 1. The number of benzene rings is 3. The van der Waals surface area contributed by atoms with E-state index in [2.05, 4.69) is 74.5 Å². The number of hydrogen-bond acceptors (Lipinski definition) is 2. The van der Waals surface area contributed by atoms with Crippen LogP contribution in [0.2, 0.25) is 0 Å². The fourth-order valence-corrected chi connectivity index (χ4v) is 6.13. The van der Waals surface area contributed by atoms with E-state index in [4.69, 9.17) is 4.74 Å². The number of carbonyl (C=O) groups is 1. The zero-order chi connectivity index (χ0) is 21.8. The lowest BCUT2D eigenvalue weighted by Crippen LogP contribution is -2.35. The molecule has 2 fully saturated rings. The molecule has 3 aromatic rings. The predicted molar refractivity (Wildman–Crippen MR) is 127 cm³/mol. The molecule has 0 amide bonds. The molecule has 0 aliphatic heterocycles. The second-order valence-electron chi connectivity index (χ2n) is 10.3. The van der Waals surface area contributed by atoms with Crippen molar-refractivity contribution in [3.8, 4) is 11.1 Å². The Labute approximate surface area is 185 Å². The molecule has 0 N–H and O–H groups in total. The van der Waals surface area contributed by atoms with E-state index in [9.17, 15) is 4.79 Å². The zero-order valence-electron chi connectivity index (χ0n) is 19.0. The first-order chi connectivity index (χ1) is 14.8. The smallest absolute Gasteiger partial charge is 0.310 e. The second-order valence-corrected chi connectivity index (χ2v) is 10.3. The van der Waals surface area contributed by atoms with E-state index in [1.807, 2.05) is 19.9 Å². The minimum absolute atomic E-state index is 0.00520. The van der Waals surface area contributed by atoms with Crippen molar-refractivity contribution < 1.29 is 9.53 Å². The van der Waals surface area contributed by atoms with Crippen molar-refractivity contribution in [1.29, 1.82) is 0 Å². The van der Waals surface area contributed by atoms with Crippen molar-refractivity contribution in [2.45, 2.75) is 46.1 Å². The molecular weight excluding hydrogens is 380 g/mol. The van der Waals surface area contributed by atoms with Crippen LogP contribution >= 0.6 is 0 Å². The molecule has 2 aliphatic rings. The van der Waals surface area contributed by atoms with Gasteiger partial charge in [-0.2, -0.15) is 0 Å². The van der Waals surface area contributed by atoms with Crippen molar-refractivity contribution in [3.63, 3.8) is 0 Å². The number of fused-ring (bicyclic) bond motifs is 3. The van der Waals surface area contributed by atoms with Crippen molar-refractivity contribution in [1.82, 2.24) is 0 Å². The summed E-state index contributed by atoms with van der Waals surface area (Å²) < 4.78 is 6.17. The van der Waals surface area contributed by atoms with Crippen LogP contribution in [0.3, 0.4) is 0 Å². The molecule has 160 valence electrons. The normalized spacial score (nSPS) is 27.5. The van der Waals surface area contributed by atoms with Gasteiger partial charge in [0.25, 0.3) is 0 Å². The second kappa shape index (κ2) is 7.51. The Balaban J connectivity index is 1.40. The Bertz CT molecular complexity index is 1110. The Morgan fingerprint density at radius 2 is 1.68 bits per heavy atom. The molecule has 5 atom stereocenters. The number of carbonyl (C=O) groups excluding carboxylic acids is 1. The lowest BCUT2D eigenvalue weighted by molar-refractivity contribution is -0.165. The summed E-state index contributed by atoms with van der Waals surface area (Å²) in [5.41, 5.74) is 2.84. The summed E-state index contributed by atoms with van der Waals surface area (Å²) in [5, 5.41) is 2.39. The van der Waals surface area contributed by atoms with Gasteiger partial charge in [-0.25, -0.2) is 0 Å². The molecule has 2 heteroatoms. The van der Waals surface area contributed by atoms with Gasteiger partial charge in [-0.3, -0.25) is 4.79 Å². The summed E-state index contributed by atoms with van der Waals surface area (Å²) in [6, 6.07) is 23.4. The first-order valence-electron chi connectivity index (χ1n) is 11.7. The van der Waals surface area contributed by atoms with Crippen LogP contribution in [0, 0.1) is 29.6 Å². The van der Waals surface area contributed by atoms with Gasteiger partial charge < -0.3 is 4.74 Å². The third-order valence-electron chi connectivity index (χ3n) is 8.22. The number of ether oxygens (including phenoxy) is 1. The molecule has 2 nitrogen and oxygen atoms in total. The molecule has 0 radical (unpaired) electrons. The lowest BCUT2D eigenvalue weighted by atomic mass is 9.75. The highest BCUT2D eigenvalue weighted by Crippen LogP contribution is 2.55. The molecule has 31 heavy (non-hydrogen) atoms. The van der Waals surface area contributed by atoms with E-state index >= 15 is 0 Å². The Kier molecular flexibility index (Phi) is 4.92. The van der Waals surface area contributed by atoms with Crippen LogP contribution in [0.4, 0.5) is 0 Å². The van der Waals surface area contributed by atoms with E-state index in [-0.39, 0.29) is 11.9 Å². The van der Waals surface area contributed by atoms with Gasteiger partial charge in [0, 0.05) is 0 Å². The van der Waals surface area contributed by atoms with Gasteiger partial charge >= 0.3 is 5.97 Å². The van der Waals surface area contributed by atoms with Gasteiger partial charge in [0.2, 0.25) is 0 Å². The van der Waals surface area contributed by atoms with Crippen LogP contribution in [0.15, 0.2) is 66.7 Å². The van der Waals surface area contributed by atoms with Crippen LogP contribution in [-0.2, 0) is 15.1 Å². The Morgan fingerprint density at radius 1 is 0.903 bits per heavy atom. The minimum Gasteiger partial charge on any atom is -0.455 e. The largest absolute Gasteiger partial charge is 0.455 e. The van der Waals surface area contributed by atoms with E-state index in [1.165, 1.54) is 28.3 Å². The van der Waals surface area contributed by atoms with Crippen LogP contribution in [0.1, 0.15) is 46.1 Å². The van der Waals surface area contributed by atoms with E-state index in [1.54, 1.807) is 0 Å². The quantitative estimate of drug-likeness (QED) is 0.423. The van der Waals surface area contributed by atoms with Crippen LogP contribution < -0.4 is 0 Å². The summed E-state index contributed by atoms with van der Waals surface area (Å²) in [7, 11) is 0. The van der Waals surface area contributed by atoms with Crippen LogP contribution in [0.5, 0.6) is 0 Å². The van der Waals surface area contributed by atoms with Crippen LogP contribution in [-0.4, -0.2) is 5.97 Å². The lowest BCUT2D eigenvalue weighted by Gasteiger charge is -2.33. The fourth-order valence-electron chi connectivity index (χ4n) is 6.13. The monoisotopic (exact) mass is 412 g/mol. The van der Waals surface area contributed by atoms with Crippen molar-refractivity contribution in [2.75, 3.05) is 0 Å². The molecule has 2 aliphatic carbocycles. The fraction of sp³-hybridized carbons (Fsp3) is 0.414. The van der Waals surface area contributed by atoms with E-state index < -0.39 is 5.60 Å². The average Bonchev–Trinajstić information content (AvgIpc) is 3.33. The molecule has 2 bridgehead atoms. The molecule has 5 rings (SSSR count). The maximum Gasteiger partial charge on any atom is 0.310 e. The first-order valence-corrected chi connectivity index (χ1v) is 11.7. The average molecular weight is 413 g/mol. The Morgan fingerprint density at radius 3 is 2.39 bits per heavy atom. The molecule has 0 saturated heterocycles. The summed E-state index contributed by atoms with van der Waals surface area (Å²) >= 11 is 0. The molecule has 0 aromatic heterocycles.